The van der Waals surface area contributed by atoms with Crippen LogP contribution in [0.5, 0.6) is 5.75 Å². The highest BCUT2D eigenvalue weighted by Crippen LogP contribution is 2.36. The first-order valence-electron chi connectivity index (χ1n) is 16.1. The van der Waals surface area contributed by atoms with Gasteiger partial charge in [-0.2, -0.15) is 30.7 Å². The molecule has 1 saturated heterocycles. The van der Waals surface area contributed by atoms with E-state index < -0.39 is 122 Å². The molecule has 0 saturated carbocycles. The standard InChI is InChI=1S/C33H35Cl2F7N4O8S/c1-16(2)25(26(47)33(41,42)29(50)43-15-31(36,37)38)45-27(48)24-12-21(55(52,53)14-18-5-8-20(54-4)9-6-18)13-46(24)28(49)17(3)44-30(51)32(39,40)22-11-19(34)7-10-23(22)35/h5-11,16-17,21,24-25H,12-15H2,1-4H3,(H,43,50)(H,44,51)(H,45,48)/t17?,21-,24+,25?/m1/s1. The molecular formula is C33H35Cl2F7N4O8S. The third-order valence-corrected chi connectivity index (χ3v) is 11.1. The van der Waals surface area contributed by atoms with Crippen LogP contribution in [0.15, 0.2) is 42.5 Å². The van der Waals surface area contributed by atoms with E-state index in [0.29, 0.717) is 16.7 Å². The van der Waals surface area contributed by atoms with E-state index in [2.05, 4.69) is 0 Å². The number of rotatable bonds is 15. The summed E-state index contributed by atoms with van der Waals surface area (Å²) in [4.78, 5) is 65.6. The fourth-order valence-corrected chi connectivity index (χ4v) is 7.63. The molecule has 0 aromatic heterocycles. The second-order valence-electron chi connectivity index (χ2n) is 12.9. The fourth-order valence-electron chi connectivity index (χ4n) is 5.46. The summed E-state index contributed by atoms with van der Waals surface area (Å²) in [5.74, 6) is -20.6. The molecule has 3 N–H and O–H groups in total. The van der Waals surface area contributed by atoms with Crippen molar-refractivity contribution in [2.45, 2.75) is 74.3 Å². The lowest BCUT2D eigenvalue weighted by atomic mass is 9.94. The second-order valence-corrected chi connectivity index (χ2v) is 16.0. The van der Waals surface area contributed by atoms with Gasteiger partial charge >= 0.3 is 18.0 Å². The van der Waals surface area contributed by atoms with Crippen molar-refractivity contribution in [3.63, 3.8) is 0 Å². The second kappa shape index (κ2) is 17.3. The monoisotopic (exact) mass is 850 g/mol. The summed E-state index contributed by atoms with van der Waals surface area (Å²) in [7, 11) is -2.90. The minimum absolute atomic E-state index is 0.207. The Morgan fingerprint density at radius 1 is 0.909 bits per heavy atom. The molecule has 0 radical (unpaired) electrons. The molecule has 0 bridgehead atoms. The topological polar surface area (TPSA) is 168 Å². The first kappa shape index (κ1) is 45.2. The lowest BCUT2D eigenvalue weighted by Gasteiger charge is -2.30. The summed E-state index contributed by atoms with van der Waals surface area (Å²) in [5, 5.41) is 2.31. The van der Waals surface area contributed by atoms with Crippen LogP contribution in [-0.2, 0) is 45.5 Å². The normalized spacial score (nSPS) is 17.7. The molecular weight excluding hydrogens is 816 g/mol. The van der Waals surface area contributed by atoms with Gasteiger partial charge in [0.2, 0.25) is 17.6 Å². The van der Waals surface area contributed by atoms with Crippen LogP contribution in [0.2, 0.25) is 10.0 Å². The average Bonchev–Trinajstić information content (AvgIpc) is 3.56. The lowest BCUT2D eigenvalue weighted by Crippen LogP contribution is -2.60. The lowest BCUT2D eigenvalue weighted by molar-refractivity contribution is -0.165. The highest BCUT2D eigenvalue weighted by atomic mass is 35.5. The van der Waals surface area contributed by atoms with E-state index in [1.165, 1.54) is 37.4 Å². The minimum Gasteiger partial charge on any atom is -0.497 e. The van der Waals surface area contributed by atoms with Crippen molar-refractivity contribution < 1.29 is 67.9 Å². The number of amides is 4. The number of hydrogen-bond acceptors (Lipinski definition) is 8. The Balaban J connectivity index is 1.94. The maximum atomic E-state index is 15.2. The largest absolute Gasteiger partial charge is 0.497 e. The zero-order valence-electron chi connectivity index (χ0n) is 29.3. The molecule has 4 amide bonds. The zero-order chi connectivity index (χ0) is 41.8. The van der Waals surface area contributed by atoms with E-state index in [1.54, 1.807) is 5.32 Å². The molecule has 1 aliphatic rings. The van der Waals surface area contributed by atoms with Gasteiger partial charge in [0.15, 0.2) is 9.84 Å². The van der Waals surface area contributed by atoms with Gasteiger partial charge in [0, 0.05) is 11.6 Å². The number of ether oxygens (including phenoxy) is 1. The summed E-state index contributed by atoms with van der Waals surface area (Å²) in [6.07, 6.45) is -5.83. The van der Waals surface area contributed by atoms with E-state index in [9.17, 15) is 54.3 Å². The Bertz CT molecular complexity index is 1900. The molecule has 304 valence electrons. The fraction of sp³-hybridized carbons (Fsp3) is 0.485. The van der Waals surface area contributed by atoms with Gasteiger partial charge in [0.05, 0.1) is 34.7 Å². The van der Waals surface area contributed by atoms with Crippen molar-refractivity contribution >= 4 is 62.5 Å². The number of methoxy groups -OCH3 is 1. The number of benzene rings is 2. The molecule has 1 fully saturated rings. The molecule has 1 aliphatic heterocycles. The number of carbonyl (C=O) groups is 5. The van der Waals surface area contributed by atoms with Crippen molar-refractivity contribution in [2.24, 2.45) is 5.92 Å². The number of sulfone groups is 1. The van der Waals surface area contributed by atoms with Gasteiger partial charge in [-0.3, -0.25) is 24.0 Å². The zero-order valence-corrected chi connectivity index (χ0v) is 31.6. The summed E-state index contributed by atoms with van der Waals surface area (Å²) in [5.41, 5.74) is -0.763. The molecule has 22 heteroatoms. The van der Waals surface area contributed by atoms with Crippen LogP contribution in [0.3, 0.4) is 0 Å². The van der Waals surface area contributed by atoms with Crippen molar-refractivity contribution in [3.8, 4) is 5.75 Å². The third-order valence-electron chi connectivity index (χ3n) is 8.44. The van der Waals surface area contributed by atoms with E-state index in [0.717, 1.165) is 32.2 Å². The highest BCUT2D eigenvalue weighted by molar-refractivity contribution is 7.91. The maximum absolute atomic E-state index is 15.2. The maximum Gasteiger partial charge on any atom is 0.405 e. The van der Waals surface area contributed by atoms with Gasteiger partial charge in [-0.1, -0.05) is 49.2 Å². The molecule has 12 nitrogen and oxygen atoms in total. The van der Waals surface area contributed by atoms with Crippen LogP contribution in [0.4, 0.5) is 30.7 Å². The molecule has 2 aromatic rings. The van der Waals surface area contributed by atoms with Crippen LogP contribution >= 0.6 is 23.2 Å². The number of halogens is 9. The molecule has 0 spiro atoms. The minimum atomic E-state index is -5.11. The molecule has 55 heavy (non-hydrogen) atoms. The summed E-state index contributed by atoms with van der Waals surface area (Å²) < 4.78 is 130. The van der Waals surface area contributed by atoms with Gasteiger partial charge in [0.1, 0.15) is 24.4 Å². The number of nitrogens with one attached hydrogen (secondary N) is 3. The number of Topliss-reactive ketones (excluding diaryl/α,β-unsaturated/α-hetero) is 1. The van der Waals surface area contributed by atoms with Crippen LogP contribution < -0.4 is 20.7 Å². The van der Waals surface area contributed by atoms with Gasteiger partial charge < -0.3 is 25.6 Å². The molecule has 2 unspecified atom stereocenters. The molecule has 2 aromatic carbocycles. The van der Waals surface area contributed by atoms with E-state index >= 15 is 8.78 Å². The van der Waals surface area contributed by atoms with Crippen molar-refractivity contribution in [3.05, 3.63) is 63.6 Å². The quantitative estimate of drug-likeness (QED) is 0.177. The Kier molecular flexibility index (Phi) is 14.2. The smallest absolute Gasteiger partial charge is 0.405 e. The average molecular weight is 852 g/mol. The SMILES string of the molecule is COc1ccc(CS(=O)(=O)[C@@H]2C[C@@H](C(=O)NC(C(=O)C(F)(F)C(=O)NCC(F)(F)F)C(C)C)N(C(=O)C(C)NC(=O)C(F)(F)c3cc(Cl)ccc3Cl)C2)cc1. The molecule has 1 heterocycles. The molecule has 4 atom stereocenters. The van der Waals surface area contributed by atoms with E-state index in [-0.39, 0.29) is 10.6 Å². The number of likely N-dealkylation sites (tertiary alicyclic amines) is 1. The first-order chi connectivity index (χ1) is 25.2. The summed E-state index contributed by atoms with van der Waals surface area (Å²) in [6, 6.07) is 2.59. The van der Waals surface area contributed by atoms with Crippen molar-refractivity contribution in [2.75, 3.05) is 20.2 Å². The number of carbonyl (C=O) groups excluding carboxylic acids is 5. The molecule has 0 aliphatic carbocycles. The number of nitrogens with zero attached hydrogens (tertiary/aromatic N) is 1. The Labute approximate surface area is 320 Å². The third kappa shape index (κ3) is 11.0. The van der Waals surface area contributed by atoms with Crippen LogP contribution in [0.1, 0.15) is 38.3 Å². The summed E-state index contributed by atoms with van der Waals surface area (Å²) >= 11 is 11.6. The van der Waals surface area contributed by atoms with Crippen LogP contribution in [0.25, 0.3) is 0 Å². The van der Waals surface area contributed by atoms with Gasteiger partial charge in [-0.15, -0.1) is 0 Å². The first-order valence-corrected chi connectivity index (χ1v) is 18.6. The van der Waals surface area contributed by atoms with Crippen LogP contribution in [-0.4, -0.2) is 98.4 Å². The van der Waals surface area contributed by atoms with Gasteiger partial charge in [0.25, 0.3) is 11.8 Å². The Morgan fingerprint density at radius 2 is 1.51 bits per heavy atom. The van der Waals surface area contributed by atoms with Gasteiger partial charge in [-0.25, -0.2) is 8.42 Å². The Morgan fingerprint density at radius 3 is 2.05 bits per heavy atom. The number of hydrogen-bond donors (Lipinski definition) is 3. The van der Waals surface area contributed by atoms with Crippen molar-refractivity contribution in [1.82, 2.24) is 20.9 Å². The van der Waals surface area contributed by atoms with Crippen LogP contribution in [0, 0.1) is 5.92 Å². The van der Waals surface area contributed by atoms with Crippen molar-refractivity contribution in [1.29, 1.82) is 0 Å². The predicted octanol–water partition coefficient (Wildman–Crippen LogP) is 4.21. The van der Waals surface area contributed by atoms with E-state index in [4.69, 9.17) is 27.9 Å². The summed E-state index contributed by atoms with van der Waals surface area (Å²) in [6.45, 7) is 0.227. The van der Waals surface area contributed by atoms with Gasteiger partial charge in [-0.05, 0) is 55.2 Å². The molecule has 3 rings (SSSR count). The predicted molar refractivity (Wildman–Crippen MR) is 183 cm³/mol. The highest BCUT2D eigenvalue weighted by Gasteiger charge is 2.53. The number of ketones is 1. The number of alkyl halides is 7. The Hall–Kier alpha value is -4.17. The van der Waals surface area contributed by atoms with E-state index in [1.807, 2.05) is 5.32 Å².